The average Bonchev–Trinajstić information content (AvgIpc) is 2.94. The fourth-order valence-electron chi connectivity index (χ4n) is 2.12. The lowest BCUT2D eigenvalue weighted by molar-refractivity contribution is -0.123. The second-order valence-corrected chi connectivity index (χ2v) is 4.65. The van der Waals surface area contributed by atoms with Gasteiger partial charge in [-0.2, -0.15) is 0 Å². The Kier molecular flexibility index (Phi) is 5.09. The SMILES string of the molecule is CO/N=C1/CN[C@H](C(=O)NC[C@@H](O)c2ccccc2)C1. The zero-order valence-corrected chi connectivity index (χ0v) is 11.4. The summed E-state index contributed by atoms with van der Waals surface area (Å²) in [5, 5.41) is 19.6. The molecule has 1 heterocycles. The number of nitrogens with zero attached hydrogens (tertiary/aromatic N) is 1. The summed E-state index contributed by atoms with van der Waals surface area (Å²) in [5.41, 5.74) is 1.60. The molecule has 1 amide bonds. The highest BCUT2D eigenvalue weighted by atomic mass is 16.6. The summed E-state index contributed by atoms with van der Waals surface area (Å²) in [4.78, 5) is 16.6. The van der Waals surface area contributed by atoms with Crippen LogP contribution in [0.2, 0.25) is 0 Å². The molecule has 0 aliphatic carbocycles. The molecule has 1 fully saturated rings. The van der Waals surface area contributed by atoms with Gasteiger partial charge in [-0.1, -0.05) is 35.5 Å². The minimum atomic E-state index is -0.700. The summed E-state index contributed by atoms with van der Waals surface area (Å²) >= 11 is 0. The monoisotopic (exact) mass is 277 g/mol. The Morgan fingerprint density at radius 3 is 3.00 bits per heavy atom. The maximum Gasteiger partial charge on any atom is 0.237 e. The van der Waals surface area contributed by atoms with Crippen LogP contribution in [0.25, 0.3) is 0 Å². The van der Waals surface area contributed by atoms with Gasteiger partial charge in [-0.25, -0.2) is 0 Å². The van der Waals surface area contributed by atoms with E-state index in [0.717, 1.165) is 11.3 Å². The number of amides is 1. The molecule has 0 aromatic heterocycles. The van der Waals surface area contributed by atoms with Crippen LogP contribution in [0.3, 0.4) is 0 Å². The number of nitrogens with one attached hydrogen (secondary N) is 2. The minimum absolute atomic E-state index is 0.138. The number of carbonyl (C=O) groups is 1. The van der Waals surface area contributed by atoms with Gasteiger partial charge >= 0.3 is 0 Å². The molecule has 0 spiro atoms. The van der Waals surface area contributed by atoms with Crippen LogP contribution in [-0.4, -0.2) is 43.0 Å². The second kappa shape index (κ2) is 7.02. The third-order valence-corrected chi connectivity index (χ3v) is 3.18. The lowest BCUT2D eigenvalue weighted by Crippen LogP contribution is -2.41. The summed E-state index contributed by atoms with van der Waals surface area (Å²) < 4.78 is 0. The normalized spacial score (nSPS) is 21.7. The topological polar surface area (TPSA) is 83.0 Å². The number of hydrogen-bond acceptors (Lipinski definition) is 5. The van der Waals surface area contributed by atoms with Crippen LogP contribution < -0.4 is 10.6 Å². The van der Waals surface area contributed by atoms with E-state index in [4.69, 9.17) is 0 Å². The number of benzene rings is 1. The molecule has 6 nitrogen and oxygen atoms in total. The zero-order valence-electron chi connectivity index (χ0n) is 11.4. The van der Waals surface area contributed by atoms with Crippen molar-refractivity contribution in [2.75, 3.05) is 20.2 Å². The van der Waals surface area contributed by atoms with Gasteiger partial charge in [0.15, 0.2) is 0 Å². The van der Waals surface area contributed by atoms with Gasteiger partial charge in [0.05, 0.1) is 17.9 Å². The Balaban J connectivity index is 1.80. The zero-order chi connectivity index (χ0) is 14.4. The molecule has 0 radical (unpaired) electrons. The van der Waals surface area contributed by atoms with Gasteiger partial charge in [-0.15, -0.1) is 0 Å². The smallest absolute Gasteiger partial charge is 0.237 e. The molecule has 1 aromatic rings. The lowest BCUT2D eigenvalue weighted by Gasteiger charge is -2.14. The predicted molar refractivity (Wildman–Crippen MR) is 75.3 cm³/mol. The maximum absolute atomic E-state index is 12.0. The van der Waals surface area contributed by atoms with E-state index in [-0.39, 0.29) is 18.5 Å². The fraction of sp³-hybridized carbons (Fsp3) is 0.429. The molecule has 1 saturated heterocycles. The van der Waals surface area contributed by atoms with Crippen molar-refractivity contribution in [1.29, 1.82) is 0 Å². The van der Waals surface area contributed by atoms with Gasteiger partial charge in [0.2, 0.25) is 5.91 Å². The van der Waals surface area contributed by atoms with Crippen molar-refractivity contribution >= 4 is 11.6 Å². The van der Waals surface area contributed by atoms with Crippen LogP contribution in [0.15, 0.2) is 35.5 Å². The maximum atomic E-state index is 12.0. The molecule has 108 valence electrons. The van der Waals surface area contributed by atoms with Crippen molar-refractivity contribution < 1.29 is 14.7 Å². The average molecular weight is 277 g/mol. The van der Waals surface area contributed by atoms with Gasteiger partial charge in [0.1, 0.15) is 7.11 Å². The van der Waals surface area contributed by atoms with E-state index in [1.807, 2.05) is 30.3 Å². The molecule has 0 unspecified atom stereocenters. The van der Waals surface area contributed by atoms with Gasteiger partial charge in [0.25, 0.3) is 0 Å². The summed E-state index contributed by atoms with van der Waals surface area (Å²) in [5.74, 6) is -0.138. The first-order valence-electron chi connectivity index (χ1n) is 6.53. The Morgan fingerprint density at radius 2 is 2.30 bits per heavy atom. The quantitative estimate of drug-likeness (QED) is 0.671. The van der Waals surface area contributed by atoms with Crippen molar-refractivity contribution in [2.45, 2.75) is 18.6 Å². The third kappa shape index (κ3) is 3.79. The number of rotatable bonds is 5. The third-order valence-electron chi connectivity index (χ3n) is 3.18. The van der Waals surface area contributed by atoms with E-state index in [1.165, 1.54) is 7.11 Å². The standard InChI is InChI=1S/C14H19N3O3/c1-20-17-11-7-12(15-8-11)14(19)16-9-13(18)10-5-3-2-4-6-10/h2-6,12-13,15,18H,7-9H2,1H3,(H,16,19)/b17-11+/t12-,13+/m0/s1. The molecule has 1 aliphatic heterocycles. The van der Waals surface area contributed by atoms with E-state index in [2.05, 4.69) is 20.6 Å². The van der Waals surface area contributed by atoms with Gasteiger partial charge in [-0.05, 0) is 5.56 Å². The molecule has 20 heavy (non-hydrogen) atoms. The highest BCUT2D eigenvalue weighted by Gasteiger charge is 2.27. The number of hydrogen-bond donors (Lipinski definition) is 3. The summed E-state index contributed by atoms with van der Waals surface area (Å²) in [6.45, 7) is 0.741. The second-order valence-electron chi connectivity index (χ2n) is 4.65. The van der Waals surface area contributed by atoms with E-state index in [1.54, 1.807) is 0 Å². The summed E-state index contributed by atoms with van der Waals surface area (Å²) in [7, 11) is 1.48. The van der Waals surface area contributed by atoms with Crippen molar-refractivity contribution in [2.24, 2.45) is 5.16 Å². The first-order valence-corrected chi connectivity index (χ1v) is 6.53. The molecule has 1 aromatic carbocycles. The Labute approximate surface area is 117 Å². The van der Waals surface area contributed by atoms with E-state index in [0.29, 0.717) is 13.0 Å². The highest BCUT2D eigenvalue weighted by molar-refractivity contribution is 5.96. The molecule has 2 rings (SSSR count). The fourth-order valence-corrected chi connectivity index (χ4v) is 2.12. The Morgan fingerprint density at radius 1 is 1.55 bits per heavy atom. The van der Waals surface area contributed by atoms with Crippen LogP contribution >= 0.6 is 0 Å². The van der Waals surface area contributed by atoms with E-state index >= 15 is 0 Å². The van der Waals surface area contributed by atoms with Crippen LogP contribution in [-0.2, 0) is 9.63 Å². The van der Waals surface area contributed by atoms with Crippen molar-refractivity contribution in [3.8, 4) is 0 Å². The number of aliphatic hydroxyl groups is 1. The number of aliphatic hydroxyl groups excluding tert-OH is 1. The summed E-state index contributed by atoms with van der Waals surface area (Å²) in [6, 6.07) is 8.93. The van der Waals surface area contributed by atoms with Crippen LogP contribution in [0.5, 0.6) is 0 Å². The molecule has 0 bridgehead atoms. The van der Waals surface area contributed by atoms with E-state index < -0.39 is 6.10 Å². The van der Waals surface area contributed by atoms with Crippen LogP contribution in [0.1, 0.15) is 18.1 Å². The number of carbonyl (C=O) groups excluding carboxylic acids is 1. The van der Waals surface area contributed by atoms with Gasteiger partial charge < -0.3 is 20.6 Å². The van der Waals surface area contributed by atoms with Gasteiger partial charge in [-0.3, -0.25) is 4.79 Å². The highest BCUT2D eigenvalue weighted by Crippen LogP contribution is 2.11. The van der Waals surface area contributed by atoms with Crippen molar-refractivity contribution in [3.63, 3.8) is 0 Å². The molecule has 2 atom stereocenters. The molecule has 1 aliphatic rings. The largest absolute Gasteiger partial charge is 0.399 e. The Bertz CT molecular complexity index is 476. The van der Waals surface area contributed by atoms with Crippen molar-refractivity contribution in [3.05, 3.63) is 35.9 Å². The number of oxime groups is 1. The van der Waals surface area contributed by atoms with Gasteiger partial charge in [0, 0.05) is 19.5 Å². The first-order chi connectivity index (χ1) is 9.70. The minimum Gasteiger partial charge on any atom is -0.399 e. The summed E-state index contributed by atoms with van der Waals surface area (Å²) in [6.07, 6.45) is -0.171. The molecule has 0 saturated carbocycles. The molecular weight excluding hydrogens is 258 g/mol. The first kappa shape index (κ1) is 14.5. The molecule has 6 heteroatoms. The lowest BCUT2D eigenvalue weighted by atomic mass is 10.1. The molecular formula is C14H19N3O3. The van der Waals surface area contributed by atoms with Crippen molar-refractivity contribution in [1.82, 2.24) is 10.6 Å². The predicted octanol–water partition coefficient (Wildman–Crippen LogP) is 0.201. The van der Waals surface area contributed by atoms with Crippen LogP contribution in [0, 0.1) is 0 Å². The van der Waals surface area contributed by atoms with E-state index in [9.17, 15) is 9.90 Å². The molecule has 3 N–H and O–H groups in total. The Hall–Kier alpha value is -1.92. The van der Waals surface area contributed by atoms with Crippen LogP contribution in [0.4, 0.5) is 0 Å².